The van der Waals surface area contributed by atoms with Crippen LogP contribution in [0.3, 0.4) is 0 Å². The molecule has 2 aliphatic heterocycles. The van der Waals surface area contributed by atoms with Crippen molar-refractivity contribution < 1.29 is 19.0 Å². The van der Waals surface area contributed by atoms with Gasteiger partial charge in [-0.2, -0.15) is 5.10 Å². The molecule has 1 unspecified atom stereocenters. The van der Waals surface area contributed by atoms with E-state index in [1.165, 1.54) is 5.00 Å². The van der Waals surface area contributed by atoms with Crippen molar-refractivity contribution in [2.24, 2.45) is 5.10 Å². The van der Waals surface area contributed by atoms with Crippen molar-refractivity contribution in [1.29, 1.82) is 0 Å². The van der Waals surface area contributed by atoms with Gasteiger partial charge < -0.3 is 19.1 Å². The average Bonchev–Trinajstić information content (AvgIpc) is 3.17. The van der Waals surface area contributed by atoms with E-state index in [1.54, 1.807) is 23.6 Å². The predicted molar refractivity (Wildman–Crippen MR) is 99.4 cm³/mol. The fourth-order valence-corrected chi connectivity index (χ4v) is 3.68. The molecule has 4 rings (SSSR count). The molecule has 1 fully saturated rings. The first-order valence-electron chi connectivity index (χ1n) is 8.43. The summed E-state index contributed by atoms with van der Waals surface area (Å²) in [6, 6.07) is 11.3. The van der Waals surface area contributed by atoms with Crippen molar-refractivity contribution in [1.82, 2.24) is 5.43 Å². The van der Waals surface area contributed by atoms with Crippen LogP contribution in [0.5, 0.6) is 11.5 Å². The van der Waals surface area contributed by atoms with Crippen molar-refractivity contribution in [3.8, 4) is 11.5 Å². The van der Waals surface area contributed by atoms with Gasteiger partial charge in [-0.1, -0.05) is 12.1 Å². The Balaban J connectivity index is 1.31. The van der Waals surface area contributed by atoms with E-state index in [1.807, 2.05) is 24.3 Å². The third kappa shape index (κ3) is 3.81. The number of nitrogens with one attached hydrogen (secondary N) is 1. The zero-order valence-corrected chi connectivity index (χ0v) is 14.9. The number of hydrogen-bond donors (Lipinski definition) is 1. The number of amides is 1. The molecular formula is C18H19N3O4S. The first-order chi connectivity index (χ1) is 12.8. The normalized spacial score (nSPS) is 19.5. The van der Waals surface area contributed by atoms with E-state index in [0.717, 1.165) is 31.2 Å². The van der Waals surface area contributed by atoms with Crippen LogP contribution in [0.2, 0.25) is 0 Å². The number of hydrazone groups is 1. The lowest BCUT2D eigenvalue weighted by Gasteiger charge is -2.27. The number of hydrogen-bond acceptors (Lipinski definition) is 7. The molecule has 1 aromatic heterocycles. The highest BCUT2D eigenvalue weighted by atomic mass is 32.1. The monoisotopic (exact) mass is 373 g/mol. The fraction of sp³-hybridized carbons (Fsp3) is 0.333. The van der Waals surface area contributed by atoms with E-state index in [9.17, 15) is 4.79 Å². The van der Waals surface area contributed by atoms with E-state index in [4.69, 9.17) is 14.2 Å². The maximum Gasteiger partial charge on any atom is 0.284 e. The molecule has 2 aliphatic rings. The molecular weight excluding hydrogens is 354 g/mol. The van der Waals surface area contributed by atoms with Crippen LogP contribution in [0, 0.1) is 0 Å². The number of carbonyl (C=O) groups is 1. The van der Waals surface area contributed by atoms with Crippen molar-refractivity contribution in [3.05, 3.63) is 41.3 Å². The summed E-state index contributed by atoms with van der Waals surface area (Å²) in [5, 5.41) is 5.22. The Hall–Kier alpha value is -2.58. The lowest BCUT2D eigenvalue weighted by Crippen LogP contribution is -2.42. The highest BCUT2D eigenvalue weighted by Crippen LogP contribution is 2.30. The maximum atomic E-state index is 12.2. The number of rotatable bonds is 4. The summed E-state index contributed by atoms with van der Waals surface area (Å²) < 4.78 is 16.6. The van der Waals surface area contributed by atoms with Crippen molar-refractivity contribution in [3.63, 3.8) is 0 Å². The Morgan fingerprint density at radius 1 is 1.19 bits per heavy atom. The minimum atomic E-state index is -0.714. The minimum absolute atomic E-state index is 0.165. The van der Waals surface area contributed by atoms with Gasteiger partial charge in [-0.05, 0) is 24.3 Å². The molecule has 1 saturated heterocycles. The molecule has 1 N–H and O–H groups in total. The number of morpholine rings is 1. The van der Waals surface area contributed by atoms with Crippen molar-refractivity contribution in [2.45, 2.75) is 6.10 Å². The second-order valence-corrected chi connectivity index (χ2v) is 6.97. The quantitative estimate of drug-likeness (QED) is 0.654. The van der Waals surface area contributed by atoms with Gasteiger partial charge in [0, 0.05) is 18.0 Å². The summed E-state index contributed by atoms with van der Waals surface area (Å²) in [7, 11) is 0. The van der Waals surface area contributed by atoms with Crippen LogP contribution in [0.25, 0.3) is 0 Å². The Bertz CT molecular complexity index is 801. The number of anilines is 1. The third-order valence-electron chi connectivity index (χ3n) is 4.10. The molecule has 0 spiro atoms. The first-order valence-corrected chi connectivity index (χ1v) is 9.25. The zero-order chi connectivity index (χ0) is 17.8. The van der Waals surface area contributed by atoms with Gasteiger partial charge >= 0.3 is 0 Å². The summed E-state index contributed by atoms with van der Waals surface area (Å²) in [5.41, 5.74) is 2.52. The van der Waals surface area contributed by atoms with Crippen LogP contribution in [-0.2, 0) is 9.53 Å². The number of carbonyl (C=O) groups excluding carboxylic acids is 1. The molecule has 0 bridgehead atoms. The number of ether oxygens (including phenoxy) is 3. The van der Waals surface area contributed by atoms with Gasteiger partial charge in [0.1, 0.15) is 6.61 Å². The second kappa shape index (κ2) is 7.76. The number of para-hydroxylation sites is 2. The van der Waals surface area contributed by atoms with Crippen LogP contribution in [0.15, 0.2) is 41.5 Å². The lowest BCUT2D eigenvalue weighted by molar-refractivity contribution is -0.130. The van der Waals surface area contributed by atoms with Gasteiger partial charge in [-0.15, -0.1) is 11.3 Å². The predicted octanol–water partition coefficient (Wildman–Crippen LogP) is 1.87. The molecule has 1 aromatic carbocycles. The van der Waals surface area contributed by atoms with Gasteiger partial charge in [0.15, 0.2) is 11.5 Å². The van der Waals surface area contributed by atoms with E-state index >= 15 is 0 Å². The molecule has 1 amide bonds. The van der Waals surface area contributed by atoms with E-state index in [-0.39, 0.29) is 12.5 Å². The van der Waals surface area contributed by atoms with Crippen LogP contribution in [0.1, 0.15) is 4.88 Å². The van der Waals surface area contributed by atoms with E-state index in [2.05, 4.69) is 21.5 Å². The number of thiophene rings is 1. The Morgan fingerprint density at radius 3 is 2.85 bits per heavy atom. The lowest BCUT2D eigenvalue weighted by atomic mass is 10.2. The molecule has 136 valence electrons. The van der Waals surface area contributed by atoms with Crippen LogP contribution in [0.4, 0.5) is 5.00 Å². The molecule has 3 heterocycles. The molecule has 7 nitrogen and oxygen atoms in total. The smallest absolute Gasteiger partial charge is 0.284 e. The van der Waals surface area contributed by atoms with Gasteiger partial charge in [-0.3, -0.25) is 4.79 Å². The average molecular weight is 373 g/mol. The number of nitrogens with zero attached hydrogens (tertiary/aromatic N) is 2. The van der Waals surface area contributed by atoms with Crippen molar-refractivity contribution in [2.75, 3.05) is 37.8 Å². The fourth-order valence-electron chi connectivity index (χ4n) is 2.75. The standard InChI is InChI=1S/C18H19N3O4S/c22-18(16-12-24-14-3-1-2-4-15(14)25-16)20-19-11-13-5-6-17(26-13)21-7-9-23-10-8-21/h1-6,11,16H,7-10,12H2,(H,20,22)/b19-11+. The summed E-state index contributed by atoms with van der Waals surface area (Å²) in [5.74, 6) is 0.881. The molecule has 0 aliphatic carbocycles. The number of fused-ring (bicyclic) bond motifs is 1. The SMILES string of the molecule is O=C(N/N=C/c1ccc(N2CCOCC2)s1)C1COc2ccccc2O1. The molecule has 0 saturated carbocycles. The first kappa shape index (κ1) is 16.9. The highest BCUT2D eigenvalue weighted by Gasteiger charge is 2.27. The Kier molecular flexibility index (Phi) is 5.03. The molecule has 0 radical (unpaired) electrons. The zero-order valence-electron chi connectivity index (χ0n) is 14.1. The van der Waals surface area contributed by atoms with Gasteiger partial charge in [0.25, 0.3) is 5.91 Å². The van der Waals surface area contributed by atoms with Gasteiger partial charge in [0.05, 0.1) is 24.4 Å². The molecule has 2 aromatic rings. The van der Waals surface area contributed by atoms with E-state index < -0.39 is 6.10 Å². The summed E-state index contributed by atoms with van der Waals surface area (Å²) >= 11 is 1.63. The van der Waals surface area contributed by atoms with Gasteiger partial charge in [-0.25, -0.2) is 5.43 Å². The van der Waals surface area contributed by atoms with Gasteiger partial charge in [0.2, 0.25) is 6.10 Å². The largest absolute Gasteiger partial charge is 0.485 e. The number of benzene rings is 1. The second-order valence-electron chi connectivity index (χ2n) is 5.87. The summed E-state index contributed by atoms with van der Waals surface area (Å²) in [4.78, 5) is 15.5. The highest BCUT2D eigenvalue weighted by molar-refractivity contribution is 7.17. The molecule has 8 heteroatoms. The van der Waals surface area contributed by atoms with E-state index in [0.29, 0.717) is 11.5 Å². The Labute approximate surface area is 155 Å². The topological polar surface area (TPSA) is 72.4 Å². The summed E-state index contributed by atoms with van der Waals surface area (Å²) in [6.45, 7) is 3.47. The van der Waals surface area contributed by atoms with Crippen LogP contribution >= 0.6 is 11.3 Å². The summed E-state index contributed by atoms with van der Waals surface area (Å²) in [6.07, 6.45) is 0.929. The Morgan fingerprint density at radius 2 is 2.00 bits per heavy atom. The molecule has 26 heavy (non-hydrogen) atoms. The third-order valence-corrected chi connectivity index (χ3v) is 5.18. The van der Waals surface area contributed by atoms with Crippen LogP contribution < -0.4 is 19.8 Å². The van der Waals surface area contributed by atoms with Crippen LogP contribution in [-0.4, -0.2) is 51.1 Å². The van der Waals surface area contributed by atoms with Crippen molar-refractivity contribution >= 4 is 28.5 Å². The molecule has 1 atom stereocenters. The minimum Gasteiger partial charge on any atom is -0.485 e. The maximum absolute atomic E-state index is 12.2.